The lowest BCUT2D eigenvalue weighted by atomic mass is 10.1. The quantitative estimate of drug-likeness (QED) is 0.687. The fourth-order valence-electron chi connectivity index (χ4n) is 2.85. The monoisotopic (exact) mass is 355 g/mol. The number of aromatic nitrogens is 3. The summed E-state index contributed by atoms with van der Waals surface area (Å²) in [5, 5.41) is 2.91. The van der Waals surface area contributed by atoms with Gasteiger partial charge in [-0.05, 0) is 32.9 Å². The molecule has 0 bridgehead atoms. The largest absolute Gasteiger partial charge is 0.493 e. The molecule has 1 aromatic carbocycles. The SMILES string of the molecule is CCOC(=O)c1c(C)[nH]n2c(=O)c(CCOc3ccccc3)c(C)nc12. The van der Waals surface area contributed by atoms with Crippen LogP contribution in [0.2, 0.25) is 0 Å². The summed E-state index contributed by atoms with van der Waals surface area (Å²) in [6.07, 6.45) is 0.419. The first-order valence-corrected chi connectivity index (χ1v) is 8.48. The molecule has 7 nitrogen and oxygen atoms in total. The van der Waals surface area contributed by atoms with Crippen molar-refractivity contribution in [2.24, 2.45) is 0 Å². The second-order valence-corrected chi connectivity index (χ2v) is 5.88. The van der Waals surface area contributed by atoms with Gasteiger partial charge < -0.3 is 9.47 Å². The van der Waals surface area contributed by atoms with Crippen molar-refractivity contribution >= 4 is 11.6 Å². The standard InChI is InChI=1S/C19H21N3O4/c1-4-25-19(24)16-13(3)21-22-17(16)20-12(2)15(18(22)23)10-11-26-14-8-6-5-7-9-14/h5-9,21H,4,10-11H2,1-3H3. The van der Waals surface area contributed by atoms with Crippen LogP contribution in [0.4, 0.5) is 0 Å². The fourth-order valence-corrected chi connectivity index (χ4v) is 2.85. The molecule has 3 aromatic rings. The summed E-state index contributed by atoms with van der Waals surface area (Å²) >= 11 is 0. The van der Waals surface area contributed by atoms with E-state index in [1.807, 2.05) is 30.3 Å². The second kappa shape index (κ2) is 7.43. The predicted molar refractivity (Wildman–Crippen MR) is 96.9 cm³/mol. The Balaban J connectivity index is 1.90. The van der Waals surface area contributed by atoms with Gasteiger partial charge in [0.1, 0.15) is 11.3 Å². The Kier molecular flexibility index (Phi) is 5.06. The number of nitrogens with zero attached hydrogens (tertiary/aromatic N) is 2. The third-order valence-electron chi connectivity index (χ3n) is 4.11. The molecule has 0 aliphatic carbocycles. The zero-order chi connectivity index (χ0) is 18.7. The van der Waals surface area contributed by atoms with Gasteiger partial charge in [0.25, 0.3) is 5.56 Å². The molecule has 136 valence electrons. The summed E-state index contributed by atoms with van der Waals surface area (Å²) in [4.78, 5) is 29.4. The number of H-pyrrole nitrogens is 1. The predicted octanol–water partition coefficient (Wildman–Crippen LogP) is 2.44. The lowest BCUT2D eigenvalue weighted by molar-refractivity contribution is 0.0527. The Labute approximate surface area is 150 Å². The molecule has 26 heavy (non-hydrogen) atoms. The second-order valence-electron chi connectivity index (χ2n) is 5.88. The summed E-state index contributed by atoms with van der Waals surface area (Å²) in [7, 11) is 0. The third kappa shape index (κ3) is 3.33. The van der Waals surface area contributed by atoms with Crippen molar-refractivity contribution in [1.82, 2.24) is 14.6 Å². The number of ether oxygens (including phenoxy) is 2. The normalized spacial score (nSPS) is 10.9. The molecule has 0 radical (unpaired) electrons. The molecular formula is C19H21N3O4. The maximum absolute atomic E-state index is 12.8. The van der Waals surface area contributed by atoms with Crippen molar-refractivity contribution in [1.29, 1.82) is 0 Å². The van der Waals surface area contributed by atoms with Crippen LogP contribution in [0.5, 0.6) is 5.75 Å². The Bertz CT molecular complexity index is 989. The van der Waals surface area contributed by atoms with Gasteiger partial charge >= 0.3 is 5.97 Å². The Morgan fingerprint density at radius 2 is 1.96 bits per heavy atom. The van der Waals surface area contributed by atoms with Gasteiger partial charge in [-0.1, -0.05) is 18.2 Å². The number of esters is 1. The van der Waals surface area contributed by atoms with Gasteiger partial charge in [0.05, 0.1) is 13.2 Å². The highest BCUT2D eigenvalue weighted by Crippen LogP contribution is 2.16. The maximum Gasteiger partial charge on any atom is 0.343 e. The number of aromatic amines is 1. The molecule has 2 heterocycles. The van der Waals surface area contributed by atoms with Crippen molar-refractivity contribution in [2.45, 2.75) is 27.2 Å². The molecular weight excluding hydrogens is 334 g/mol. The van der Waals surface area contributed by atoms with Crippen LogP contribution in [0.25, 0.3) is 5.65 Å². The topological polar surface area (TPSA) is 85.7 Å². The molecule has 0 amide bonds. The lowest BCUT2D eigenvalue weighted by Crippen LogP contribution is -2.24. The van der Waals surface area contributed by atoms with Crippen LogP contribution < -0.4 is 10.3 Å². The average Bonchev–Trinajstić information content (AvgIpc) is 2.95. The van der Waals surface area contributed by atoms with Gasteiger partial charge in [-0.15, -0.1) is 0 Å². The van der Waals surface area contributed by atoms with Crippen LogP contribution in [0.1, 0.15) is 34.2 Å². The van der Waals surface area contributed by atoms with Crippen molar-refractivity contribution in [3.05, 3.63) is 63.2 Å². The summed E-state index contributed by atoms with van der Waals surface area (Å²) in [6.45, 7) is 5.83. The van der Waals surface area contributed by atoms with E-state index in [9.17, 15) is 9.59 Å². The van der Waals surface area contributed by atoms with Crippen molar-refractivity contribution in [3.63, 3.8) is 0 Å². The number of benzene rings is 1. The van der Waals surface area contributed by atoms with E-state index in [4.69, 9.17) is 9.47 Å². The van der Waals surface area contributed by atoms with Crippen LogP contribution >= 0.6 is 0 Å². The summed E-state index contributed by atoms with van der Waals surface area (Å²) in [5.74, 6) is 0.259. The van der Waals surface area contributed by atoms with E-state index in [2.05, 4.69) is 10.1 Å². The first-order valence-electron chi connectivity index (χ1n) is 8.48. The van der Waals surface area contributed by atoms with Crippen molar-refractivity contribution in [3.8, 4) is 5.75 Å². The number of para-hydroxylation sites is 1. The fraction of sp³-hybridized carbons (Fsp3) is 0.316. The minimum Gasteiger partial charge on any atom is -0.493 e. The Morgan fingerprint density at radius 3 is 2.65 bits per heavy atom. The molecule has 0 saturated heterocycles. The van der Waals surface area contributed by atoms with E-state index in [0.717, 1.165) is 5.75 Å². The van der Waals surface area contributed by atoms with Gasteiger partial charge in [0, 0.05) is 23.4 Å². The van der Waals surface area contributed by atoms with E-state index < -0.39 is 5.97 Å². The van der Waals surface area contributed by atoms with Gasteiger partial charge in [0.15, 0.2) is 5.65 Å². The van der Waals surface area contributed by atoms with Crippen molar-refractivity contribution < 1.29 is 14.3 Å². The van der Waals surface area contributed by atoms with E-state index in [1.54, 1.807) is 20.8 Å². The van der Waals surface area contributed by atoms with Crippen LogP contribution in [-0.2, 0) is 11.2 Å². The van der Waals surface area contributed by atoms with Gasteiger partial charge in [-0.2, -0.15) is 0 Å². The smallest absolute Gasteiger partial charge is 0.343 e. The molecule has 1 N–H and O–H groups in total. The molecule has 7 heteroatoms. The molecule has 3 rings (SSSR count). The zero-order valence-corrected chi connectivity index (χ0v) is 15.0. The number of fused-ring (bicyclic) bond motifs is 1. The van der Waals surface area contributed by atoms with Crippen LogP contribution in [-0.4, -0.2) is 33.8 Å². The average molecular weight is 355 g/mol. The number of aryl methyl sites for hydroxylation is 2. The van der Waals surface area contributed by atoms with Gasteiger partial charge in [-0.25, -0.2) is 14.3 Å². The van der Waals surface area contributed by atoms with Crippen LogP contribution in [0, 0.1) is 13.8 Å². The number of rotatable bonds is 6. The Hall–Kier alpha value is -3.09. The number of nitrogens with one attached hydrogen (secondary N) is 1. The molecule has 0 spiro atoms. The highest BCUT2D eigenvalue weighted by molar-refractivity contribution is 5.97. The van der Waals surface area contributed by atoms with E-state index in [1.165, 1.54) is 4.52 Å². The highest BCUT2D eigenvalue weighted by atomic mass is 16.5. The van der Waals surface area contributed by atoms with E-state index in [-0.39, 0.29) is 17.8 Å². The highest BCUT2D eigenvalue weighted by Gasteiger charge is 2.22. The molecule has 0 saturated carbocycles. The van der Waals surface area contributed by atoms with Gasteiger partial charge in [-0.3, -0.25) is 9.89 Å². The molecule has 0 aliphatic rings. The molecule has 0 atom stereocenters. The van der Waals surface area contributed by atoms with Crippen LogP contribution in [0.3, 0.4) is 0 Å². The zero-order valence-electron chi connectivity index (χ0n) is 15.0. The summed E-state index contributed by atoms with van der Waals surface area (Å²) in [5.41, 5.74) is 2.02. The van der Waals surface area contributed by atoms with E-state index in [0.29, 0.717) is 35.5 Å². The summed E-state index contributed by atoms with van der Waals surface area (Å²) < 4.78 is 12.0. The Morgan fingerprint density at radius 1 is 1.23 bits per heavy atom. The van der Waals surface area contributed by atoms with Gasteiger partial charge in [0.2, 0.25) is 0 Å². The minimum absolute atomic E-state index is 0.234. The molecule has 0 aliphatic heterocycles. The number of hydrogen-bond donors (Lipinski definition) is 1. The lowest BCUT2D eigenvalue weighted by Gasteiger charge is -2.08. The molecule has 0 unspecified atom stereocenters. The molecule has 2 aromatic heterocycles. The molecule has 0 fully saturated rings. The third-order valence-corrected chi connectivity index (χ3v) is 4.11. The summed E-state index contributed by atoms with van der Waals surface area (Å²) in [6, 6.07) is 9.42. The number of carbonyl (C=O) groups is 1. The first kappa shape index (κ1) is 17.7. The van der Waals surface area contributed by atoms with E-state index >= 15 is 0 Å². The maximum atomic E-state index is 12.8. The number of carbonyl (C=O) groups excluding carboxylic acids is 1. The first-order chi connectivity index (χ1) is 12.5. The van der Waals surface area contributed by atoms with Crippen LogP contribution in [0.15, 0.2) is 35.1 Å². The van der Waals surface area contributed by atoms with Crippen molar-refractivity contribution in [2.75, 3.05) is 13.2 Å². The number of hydrogen-bond acceptors (Lipinski definition) is 5. The minimum atomic E-state index is -0.491.